The lowest BCUT2D eigenvalue weighted by Gasteiger charge is -2.11. The van der Waals surface area contributed by atoms with E-state index in [9.17, 15) is 9.59 Å². The summed E-state index contributed by atoms with van der Waals surface area (Å²) in [5.74, 6) is -0.728. The predicted octanol–water partition coefficient (Wildman–Crippen LogP) is 4.14. The molecule has 0 aliphatic carbocycles. The van der Waals surface area contributed by atoms with Crippen molar-refractivity contribution in [3.63, 3.8) is 0 Å². The average Bonchev–Trinajstić information content (AvgIpc) is 2.53. The molecule has 0 unspecified atom stereocenters. The number of halogens is 2. The van der Waals surface area contributed by atoms with Crippen molar-refractivity contribution in [2.24, 2.45) is 0 Å². The van der Waals surface area contributed by atoms with Crippen molar-refractivity contribution in [3.05, 3.63) is 57.6 Å². The minimum atomic E-state index is -0.461. The zero-order valence-electron chi connectivity index (χ0n) is 13.2. The van der Waals surface area contributed by atoms with Gasteiger partial charge in [0.1, 0.15) is 0 Å². The molecular weight excluding hydrogens is 351 g/mol. The van der Waals surface area contributed by atoms with Crippen molar-refractivity contribution in [2.45, 2.75) is 6.92 Å². The Balaban J connectivity index is 2.03. The van der Waals surface area contributed by atoms with E-state index < -0.39 is 5.97 Å². The maximum atomic E-state index is 12.1. The zero-order chi connectivity index (χ0) is 17.7. The van der Waals surface area contributed by atoms with Crippen LogP contribution in [0.5, 0.6) is 0 Å². The van der Waals surface area contributed by atoms with Gasteiger partial charge in [-0.3, -0.25) is 4.79 Å². The van der Waals surface area contributed by atoms with Crippen molar-refractivity contribution in [2.75, 3.05) is 24.3 Å². The van der Waals surface area contributed by atoms with Crippen LogP contribution in [0.3, 0.4) is 0 Å². The summed E-state index contributed by atoms with van der Waals surface area (Å²) in [6, 6.07) is 9.91. The van der Waals surface area contributed by atoms with E-state index in [-0.39, 0.29) is 12.5 Å². The third-order valence-corrected chi connectivity index (χ3v) is 3.68. The van der Waals surface area contributed by atoms with Gasteiger partial charge in [0.05, 0.1) is 19.2 Å². The molecule has 0 aliphatic rings. The Hall–Kier alpha value is -2.24. The van der Waals surface area contributed by atoms with Crippen molar-refractivity contribution in [1.29, 1.82) is 0 Å². The fourth-order valence-corrected chi connectivity index (χ4v) is 2.56. The van der Waals surface area contributed by atoms with Gasteiger partial charge in [-0.15, -0.1) is 0 Å². The first kappa shape index (κ1) is 18.1. The molecule has 1 amide bonds. The SMILES string of the molecule is COC(=O)c1ccc(C)c(NC(=O)CNc2cc(Cl)cc(Cl)c2)c1. The van der Waals surface area contributed by atoms with E-state index in [0.717, 1.165) is 5.56 Å². The highest BCUT2D eigenvalue weighted by atomic mass is 35.5. The standard InChI is InChI=1S/C17H16Cl2N2O3/c1-10-3-4-11(17(23)24-2)5-15(10)21-16(22)9-20-14-7-12(18)6-13(19)8-14/h3-8,20H,9H2,1-2H3,(H,21,22). The van der Waals surface area contributed by atoms with Crippen molar-refractivity contribution in [3.8, 4) is 0 Å². The van der Waals surface area contributed by atoms with Crippen LogP contribution in [-0.2, 0) is 9.53 Å². The minimum Gasteiger partial charge on any atom is -0.465 e. The second-order valence-corrected chi connectivity index (χ2v) is 5.95. The lowest BCUT2D eigenvalue weighted by atomic mass is 10.1. The maximum Gasteiger partial charge on any atom is 0.337 e. The summed E-state index contributed by atoms with van der Waals surface area (Å²) in [7, 11) is 1.31. The summed E-state index contributed by atoms with van der Waals surface area (Å²) >= 11 is 11.8. The first-order valence-electron chi connectivity index (χ1n) is 7.08. The van der Waals surface area contributed by atoms with Gasteiger partial charge in [0.2, 0.25) is 5.91 Å². The number of carbonyl (C=O) groups is 2. The number of amides is 1. The Kier molecular flexibility index (Phi) is 6.06. The summed E-state index contributed by atoms with van der Waals surface area (Å²) in [5.41, 5.74) is 2.39. The van der Waals surface area contributed by atoms with Crippen molar-refractivity contribution in [1.82, 2.24) is 0 Å². The van der Waals surface area contributed by atoms with E-state index in [1.54, 1.807) is 36.4 Å². The van der Waals surface area contributed by atoms with Crippen LogP contribution < -0.4 is 10.6 Å². The first-order valence-corrected chi connectivity index (χ1v) is 7.83. The Morgan fingerprint density at radius 1 is 1.08 bits per heavy atom. The molecule has 0 aromatic heterocycles. The molecule has 0 atom stereocenters. The Bertz CT molecular complexity index is 758. The molecule has 0 heterocycles. The highest BCUT2D eigenvalue weighted by molar-refractivity contribution is 6.35. The number of ether oxygens (including phenoxy) is 1. The van der Waals surface area contributed by atoms with Gasteiger partial charge < -0.3 is 15.4 Å². The van der Waals surface area contributed by atoms with Crippen molar-refractivity contribution < 1.29 is 14.3 Å². The maximum absolute atomic E-state index is 12.1. The van der Waals surface area contributed by atoms with Gasteiger partial charge in [-0.1, -0.05) is 29.3 Å². The van der Waals surface area contributed by atoms with Gasteiger partial charge in [0, 0.05) is 21.4 Å². The van der Waals surface area contributed by atoms with Crippen LogP contribution in [0.15, 0.2) is 36.4 Å². The second-order valence-electron chi connectivity index (χ2n) is 5.08. The molecule has 0 saturated carbocycles. The number of nitrogens with one attached hydrogen (secondary N) is 2. The number of rotatable bonds is 5. The monoisotopic (exact) mass is 366 g/mol. The Morgan fingerprint density at radius 3 is 2.38 bits per heavy atom. The van der Waals surface area contributed by atoms with E-state index in [1.165, 1.54) is 7.11 Å². The molecule has 24 heavy (non-hydrogen) atoms. The van der Waals surface area contributed by atoms with Gasteiger partial charge >= 0.3 is 5.97 Å². The molecular formula is C17H16Cl2N2O3. The molecule has 0 fully saturated rings. The number of methoxy groups -OCH3 is 1. The summed E-state index contributed by atoms with van der Waals surface area (Å²) in [4.78, 5) is 23.7. The van der Waals surface area contributed by atoms with Crippen molar-refractivity contribution >= 4 is 46.5 Å². The minimum absolute atomic E-state index is 0.0264. The molecule has 7 heteroatoms. The lowest BCUT2D eigenvalue weighted by Crippen LogP contribution is -2.22. The summed E-state index contributed by atoms with van der Waals surface area (Å²) in [5, 5.41) is 6.65. The first-order chi connectivity index (χ1) is 11.4. The fourth-order valence-electron chi connectivity index (χ4n) is 2.03. The topological polar surface area (TPSA) is 67.4 Å². The third kappa shape index (κ3) is 4.88. The molecule has 0 aliphatic heterocycles. The van der Waals surface area contributed by atoms with Gasteiger partial charge in [-0.05, 0) is 42.8 Å². The molecule has 0 radical (unpaired) electrons. The van der Waals surface area contributed by atoms with Crippen LogP contribution in [0.25, 0.3) is 0 Å². The van der Waals surface area contributed by atoms with E-state index in [2.05, 4.69) is 15.4 Å². The van der Waals surface area contributed by atoms with Crippen LogP contribution >= 0.6 is 23.2 Å². The molecule has 126 valence electrons. The number of esters is 1. The summed E-state index contributed by atoms with van der Waals surface area (Å²) < 4.78 is 4.67. The highest BCUT2D eigenvalue weighted by Gasteiger charge is 2.10. The van der Waals surface area contributed by atoms with Crippen LogP contribution in [-0.4, -0.2) is 25.5 Å². The van der Waals surface area contributed by atoms with Crippen LogP contribution in [0.1, 0.15) is 15.9 Å². The highest BCUT2D eigenvalue weighted by Crippen LogP contribution is 2.22. The molecule has 2 rings (SSSR count). The number of aryl methyl sites for hydroxylation is 1. The molecule has 5 nitrogen and oxygen atoms in total. The van der Waals surface area contributed by atoms with Crippen LogP contribution in [0.4, 0.5) is 11.4 Å². The van der Waals surface area contributed by atoms with E-state index in [0.29, 0.717) is 27.0 Å². The lowest BCUT2D eigenvalue weighted by molar-refractivity contribution is -0.114. The van der Waals surface area contributed by atoms with E-state index >= 15 is 0 Å². The predicted molar refractivity (Wildman–Crippen MR) is 96.1 cm³/mol. The Morgan fingerprint density at radius 2 is 1.75 bits per heavy atom. The fraction of sp³-hybridized carbons (Fsp3) is 0.176. The number of anilines is 2. The number of carbonyl (C=O) groups excluding carboxylic acids is 2. The number of hydrogen-bond donors (Lipinski definition) is 2. The summed E-state index contributed by atoms with van der Waals surface area (Å²) in [6.07, 6.45) is 0. The average molecular weight is 367 g/mol. The van der Waals surface area contributed by atoms with Gasteiger partial charge in [-0.25, -0.2) is 4.79 Å². The smallest absolute Gasteiger partial charge is 0.337 e. The zero-order valence-corrected chi connectivity index (χ0v) is 14.7. The second kappa shape index (κ2) is 8.04. The van der Waals surface area contributed by atoms with Crippen LogP contribution in [0.2, 0.25) is 10.0 Å². The van der Waals surface area contributed by atoms with Gasteiger partial charge in [-0.2, -0.15) is 0 Å². The molecule has 2 aromatic carbocycles. The normalized spacial score (nSPS) is 10.2. The number of hydrogen-bond acceptors (Lipinski definition) is 4. The van der Waals surface area contributed by atoms with E-state index in [4.69, 9.17) is 23.2 Å². The Labute approximate surface area is 149 Å². The van der Waals surface area contributed by atoms with Gasteiger partial charge in [0.15, 0.2) is 0 Å². The quantitative estimate of drug-likeness (QED) is 0.780. The molecule has 2 N–H and O–H groups in total. The molecule has 2 aromatic rings. The van der Waals surface area contributed by atoms with Crippen LogP contribution in [0, 0.1) is 6.92 Å². The van der Waals surface area contributed by atoms with Gasteiger partial charge in [0.25, 0.3) is 0 Å². The van der Waals surface area contributed by atoms with E-state index in [1.807, 2.05) is 6.92 Å². The molecule has 0 bridgehead atoms. The third-order valence-electron chi connectivity index (χ3n) is 3.25. The summed E-state index contributed by atoms with van der Waals surface area (Å²) in [6.45, 7) is 1.86. The molecule has 0 spiro atoms. The molecule has 0 saturated heterocycles. The largest absolute Gasteiger partial charge is 0.465 e. The number of benzene rings is 2.